The Hall–Kier alpha value is -0.570. The molecular weight excluding hydrogens is 190 g/mol. The third-order valence-corrected chi connectivity index (χ3v) is 3.13. The number of carbonyl (C=O) groups excluding carboxylic acids is 1. The van der Waals surface area contributed by atoms with Gasteiger partial charge < -0.3 is 10.4 Å². The van der Waals surface area contributed by atoms with Gasteiger partial charge in [0.25, 0.3) is 0 Å². The van der Waals surface area contributed by atoms with Crippen LogP contribution in [0.5, 0.6) is 0 Å². The summed E-state index contributed by atoms with van der Waals surface area (Å²) < 4.78 is 0. The molecule has 0 bridgehead atoms. The predicted molar refractivity (Wildman–Crippen MR) is 60.5 cm³/mol. The van der Waals surface area contributed by atoms with Gasteiger partial charge in [-0.15, -0.1) is 0 Å². The minimum Gasteiger partial charge on any atom is -0.396 e. The van der Waals surface area contributed by atoms with Gasteiger partial charge in [-0.2, -0.15) is 0 Å². The number of unbranched alkanes of at least 4 members (excludes halogenated alkanes) is 3. The summed E-state index contributed by atoms with van der Waals surface area (Å²) in [5.74, 6) is 1.08. The van der Waals surface area contributed by atoms with Gasteiger partial charge in [-0.1, -0.05) is 19.8 Å². The van der Waals surface area contributed by atoms with Crippen LogP contribution in [0.4, 0.5) is 0 Å². The molecule has 0 aromatic heterocycles. The summed E-state index contributed by atoms with van der Waals surface area (Å²) in [6.07, 6.45) is 6.52. The van der Waals surface area contributed by atoms with E-state index in [2.05, 4.69) is 5.32 Å². The molecule has 1 saturated carbocycles. The molecule has 0 aliphatic heterocycles. The molecule has 1 atom stereocenters. The second-order valence-corrected chi connectivity index (χ2v) is 4.55. The third kappa shape index (κ3) is 5.17. The Balaban J connectivity index is 1.92. The van der Waals surface area contributed by atoms with Crippen LogP contribution in [0.25, 0.3) is 0 Å². The molecule has 1 rings (SSSR count). The first-order valence-electron chi connectivity index (χ1n) is 6.14. The fraction of sp³-hybridized carbons (Fsp3) is 0.917. The Morgan fingerprint density at radius 3 is 2.60 bits per heavy atom. The first-order valence-corrected chi connectivity index (χ1v) is 6.14. The lowest BCUT2D eigenvalue weighted by Gasteiger charge is -2.10. The van der Waals surface area contributed by atoms with Crippen molar-refractivity contribution >= 4 is 5.91 Å². The number of nitrogens with one attached hydrogen (secondary N) is 1. The number of aliphatic hydroxyl groups excluding tert-OH is 1. The maximum Gasteiger partial charge on any atom is 0.223 e. The average molecular weight is 213 g/mol. The van der Waals surface area contributed by atoms with E-state index in [-0.39, 0.29) is 18.4 Å². The Morgan fingerprint density at radius 1 is 1.33 bits per heavy atom. The Kier molecular flexibility index (Phi) is 5.69. The normalized spacial score (nSPS) is 17.5. The molecule has 88 valence electrons. The molecule has 0 aromatic carbocycles. The number of hydrogen-bond donors (Lipinski definition) is 2. The molecule has 0 saturated heterocycles. The molecule has 3 nitrogen and oxygen atoms in total. The van der Waals surface area contributed by atoms with E-state index in [9.17, 15) is 4.79 Å². The van der Waals surface area contributed by atoms with Crippen molar-refractivity contribution in [2.75, 3.05) is 13.2 Å². The van der Waals surface area contributed by atoms with Crippen LogP contribution in [0.3, 0.4) is 0 Å². The van der Waals surface area contributed by atoms with Gasteiger partial charge >= 0.3 is 0 Å². The number of carbonyl (C=O) groups is 1. The monoisotopic (exact) mass is 213 g/mol. The molecule has 1 fully saturated rings. The van der Waals surface area contributed by atoms with Crippen LogP contribution < -0.4 is 5.32 Å². The van der Waals surface area contributed by atoms with Gasteiger partial charge in [-0.05, 0) is 31.6 Å². The molecule has 1 aliphatic rings. The molecule has 2 N–H and O–H groups in total. The van der Waals surface area contributed by atoms with Crippen LogP contribution >= 0.6 is 0 Å². The quantitative estimate of drug-likeness (QED) is 0.603. The van der Waals surface area contributed by atoms with Gasteiger partial charge in [0.15, 0.2) is 0 Å². The topological polar surface area (TPSA) is 49.3 Å². The van der Waals surface area contributed by atoms with E-state index in [1.165, 1.54) is 12.8 Å². The summed E-state index contributed by atoms with van der Waals surface area (Å²) in [6, 6.07) is 0. The maximum atomic E-state index is 11.6. The van der Waals surface area contributed by atoms with E-state index in [0.29, 0.717) is 5.92 Å². The standard InChI is InChI=1S/C12H23NO2/c1-10(11-6-7-11)12(15)13-8-4-2-3-5-9-14/h10-11,14H,2-9H2,1H3,(H,13,15). The van der Waals surface area contributed by atoms with Crippen molar-refractivity contribution in [3.05, 3.63) is 0 Å². The van der Waals surface area contributed by atoms with E-state index in [1.807, 2.05) is 6.92 Å². The fourth-order valence-electron chi connectivity index (χ4n) is 1.77. The SMILES string of the molecule is CC(C(=O)NCCCCCCO)C1CC1. The van der Waals surface area contributed by atoms with E-state index in [0.717, 1.165) is 32.2 Å². The summed E-state index contributed by atoms with van der Waals surface area (Å²) in [5, 5.41) is 11.6. The first-order chi connectivity index (χ1) is 7.25. The van der Waals surface area contributed by atoms with Crippen molar-refractivity contribution in [2.24, 2.45) is 11.8 Å². The summed E-state index contributed by atoms with van der Waals surface area (Å²) in [6.45, 7) is 3.10. The van der Waals surface area contributed by atoms with Crippen LogP contribution in [0.15, 0.2) is 0 Å². The van der Waals surface area contributed by atoms with Gasteiger partial charge in [-0.25, -0.2) is 0 Å². The van der Waals surface area contributed by atoms with Gasteiger partial charge in [0.1, 0.15) is 0 Å². The van der Waals surface area contributed by atoms with Crippen LogP contribution in [0, 0.1) is 11.8 Å². The molecule has 3 heteroatoms. The Labute approximate surface area is 92.3 Å². The second-order valence-electron chi connectivity index (χ2n) is 4.55. The van der Waals surface area contributed by atoms with Crippen molar-refractivity contribution in [3.8, 4) is 0 Å². The molecule has 1 aliphatic carbocycles. The minimum atomic E-state index is 0.211. The lowest BCUT2D eigenvalue weighted by atomic mass is 10.1. The van der Waals surface area contributed by atoms with Crippen LogP contribution in [-0.4, -0.2) is 24.2 Å². The van der Waals surface area contributed by atoms with Crippen LogP contribution in [0.2, 0.25) is 0 Å². The van der Waals surface area contributed by atoms with E-state index in [1.54, 1.807) is 0 Å². The van der Waals surface area contributed by atoms with E-state index in [4.69, 9.17) is 5.11 Å². The van der Waals surface area contributed by atoms with Crippen molar-refractivity contribution in [3.63, 3.8) is 0 Å². The largest absolute Gasteiger partial charge is 0.396 e. The molecule has 1 unspecified atom stereocenters. The third-order valence-electron chi connectivity index (χ3n) is 3.13. The summed E-state index contributed by atoms with van der Waals surface area (Å²) in [4.78, 5) is 11.6. The molecular formula is C12H23NO2. The highest BCUT2D eigenvalue weighted by Crippen LogP contribution is 2.36. The summed E-state index contributed by atoms with van der Waals surface area (Å²) in [7, 11) is 0. The maximum absolute atomic E-state index is 11.6. The minimum absolute atomic E-state index is 0.211. The van der Waals surface area contributed by atoms with Crippen LogP contribution in [0.1, 0.15) is 45.4 Å². The van der Waals surface area contributed by atoms with Crippen molar-refractivity contribution in [2.45, 2.75) is 45.4 Å². The van der Waals surface area contributed by atoms with Crippen molar-refractivity contribution < 1.29 is 9.90 Å². The highest BCUT2D eigenvalue weighted by molar-refractivity contribution is 5.78. The summed E-state index contributed by atoms with van der Waals surface area (Å²) >= 11 is 0. The van der Waals surface area contributed by atoms with Gasteiger partial charge in [0, 0.05) is 19.1 Å². The zero-order valence-corrected chi connectivity index (χ0v) is 9.67. The van der Waals surface area contributed by atoms with E-state index >= 15 is 0 Å². The van der Waals surface area contributed by atoms with Gasteiger partial charge in [0.2, 0.25) is 5.91 Å². The highest BCUT2D eigenvalue weighted by atomic mass is 16.2. The van der Waals surface area contributed by atoms with Crippen molar-refractivity contribution in [1.29, 1.82) is 0 Å². The van der Waals surface area contributed by atoms with Crippen LogP contribution in [-0.2, 0) is 4.79 Å². The summed E-state index contributed by atoms with van der Waals surface area (Å²) in [5.41, 5.74) is 0. The highest BCUT2D eigenvalue weighted by Gasteiger charge is 2.32. The van der Waals surface area contributed by atoms with Gasteiger partial charge in [0.05, 0.1) is 0 Å². The molecule has 15 heavy (non-hydrogen) atoms. The lowest BCUT2D eigenvalue weighted by molar-refractivity contribution is -0.125. The molecule has 1 amide bonds. The smallest absolute Gasteiger partial charge is 0.223 e. The number of hydrogen-bond acceptors (Lipinski definition) is 2. The van der Waals surface area contributed by atoms with E-state index < -0.39 is 0 Å². The molecule has 0 spiro atoms. The average Bonchev–Trinajstić information content (AvgIpc) is 3.05. The predicted octanol–water partition coefficient (Wildman–Crippen LogP) is 1.70. The molecule has 0 radical (unpaired) electrons. The Morgan fingerprint density at radius 2 is 2.00 bits per heavy atom. The zero-order chi connectivity index (χ0) is 11.1. The van der Waals surface area contributed by atoms with Crippen molar-refractivity contribution in [1.82, 2.24) is 5.32 Å². The first kappa shape index (κ1) is 12.5. The number of rotatable bonds is 8. The number of aliphatic hydroxyl groups is 1. The fourth-order valence-corrected chi connectivity index (χ4v) is 1.77. The second kappa shape index (κ2) is 6.83. The zero-order valence-electron chi connectivity index (χ0n) is 9.67. The molecule has 0 aromatic rings. The molecule has 0 heterocycles. The lowest BCUT2D eigenvalue weighted by Crippen LogP contribution is -2.30. The Bertz CT molecular complexity index is 190. The number of amides is 1. The van der Waals surface area contributed by atoms with Gasteiger partial charge in [-0.3, -0.25) is 4.79 Å².